The molecule has 0 aromatic carbocycles. The van der Waals surface area contributed by atoms with Gasteiger partial charge in [0.2, 0.25) is 0 Å². The Hall–Kier alpha value is -3.95. The number of halogens is 3. The van der Waals surface area contributed by atoms with Crippen LogP contribution in [-0.2, 0) is 10.9 Å². The number of hydrogen-bond donors (Lipinski definition) is 0. The molecule has 36 heavy (non-hydrogen) atoms. The van der Waals surface area contributed by atoms with Gasteiger partial charge in [0.1, 0.15) is 41.7 Å². The van der Waals surface area contributed by atoms with Crippen LogP contribution in [0.25, 0.3) is 16.9 Å². The predicted octanol–water partition coefficient (Wildman–Crippen LogP) is 3.94. The van der Waals surface area contributed by atoms with E-state index in [0.29, 0.717) is 0 Å². The highest BCUT2D eigenvalue weighted by Gasteiger charge is 2.40. The van der Waals surface area contributed by atoms with Gasteiger partial charge >= 0.3 is 12.3 Å². The number of alkyl halides is 3. The van der Waals surface area contributed by atoms with Gasteiger partial charge in [-0.25, -0.2) is 24.7 Å². The van der Waals surface area contributed by atoms with Crippen molar-refractivity contribution in [3.05, 3.63) is 36.2 Å². The van der Waals surface area contributed by atoms with Gasteiger partial charge < -0.3 is 14.5 Å². The van der Waals surface area contributed by atoms with Crippen molar-refractivity contribution in [1.29, 1.82) is 5.26 Å². The summed E-state index contributed by atoms with van der Waals surface area (Å²) in [5.74, 6) is 0.173. The van der Waals surface area contributed by atoms with Crippen LogP contribution < -0.4 is 4.90 Å². The Morgan fingerprint density at radius 1 is 1.08 bits per heavy atom. The zero-order valence-corrected chi connectivity index (χ0v) is 20.4. The molecule has 1 amide bonds. The Labute approximate surface area is 205 Å². The van der Waals surface area contributed by atoms with Crippen LogP contribution in [0, 0.1) is 11.3 Å². The molecule has 0 radical (unpaired) electrons. The molecule has 3 aromatic rings. The van der Waals surface area contributed by atoms with E-state index in [0.717, 1.165) is 12.5 Å². The zero-order valence-electron chi connectivity index (χ0n) is 20.4. The van der Waals surface area contributed by atoms with Gasteiger partial charge in [-0.1, -0.05) is 0 Å². The first-order valence-corrected chi connectivity index (χ1v) is 11.2. The minimum Gasteiger partial charge on any atom is -0.444 e. The van der Waals surface area contributed by atoms with Crippen LogP contribution in [0.4, 0.5) is 23.8 Å². The van der Waals surface area contributed by atoms with Gasteiger partial charge in [0.15, 0.2) is 5.65 Å². The Morgan fingerprint density at radius 3 is 2.42 bits per heavy atom. The monoisotopic (exact) mass is 502 g/mol. The van der Waals surface area contributed by atoms with E-state index in [9.17, 15) is 18.0 Å². The first-order valence-electron chi connectivity index (χ1n) is 11.2. The molecule has 1 unspecified atom stereocenters. The van der Waals surface area contributed by atoms with Gasteiger partial charge in [0.25, 0.3) is 0 Å². The normalized spacial score (nSPS) is 18.9. The molecule has 0 aliphatic carbocycles. The van der Waals surface area contributed by atoms with E-state index < -0.39 is 23.4 Å². The largest absolute Gasteiger partial charge is 0.444 e. The van der Waals surface area contributed by atoms with Gasteiger partial charge in [0.05, 0.1) is 10.9 Å². The second-order valence-electron chi connectivity index (χ2n) is 9.66. The van der Waals surface area contributed by atoms with Crippen LogP contribution in [-0.4, -0.2) is 66.3 Å². The first-order chi connectivity index (χ1) is 16.8. The van der Waals surface area contributed by atoms with E-state index >= 15 is 0 Å². The maximum Gasteiger partial charge on any atom is 0.418 e. The highest BCUT2D eigenvalue weighted by atomic mass is 19.4. The van der Waals surface area contributed by atoms with Crippen molar-refractivity contribution in [3.8, 4) is 11.9 Å². The molecule has 0 bridgehead atoms. The lowest BCUT2D eigenvalue weighted by Crippen LogP contribution is -2.59. The average molecular weight is 503 g/mol. The number of carbonyl (C=O) groups excluding carboxylic acids is 1. The number of rotatable bonds is 2. The fourth-order valence-electron chi connectivity index (χ4n) is 4.19. The lowest BCUT2D eigenvalue weighted by Gasteiger charge is -2.44. The molecule has 1 aliphatic heterocycles. The predicted molar refractivity (Wildman–Crippen MR) is 123 cm³/mol. The second kappa shape index (κ2) is 8.92. The Morgan fingerprint density at radius 2 is 1.78 bits per heavy atom. The minimum atomic E-state index is -4.71. The van der Waals surface area contributed by atoms with Crippen LogP contribution in [0.1, 0.15) is 45.9 Å². The fraction of sp³-hybridized carbons (Fsp3) is 0.478. The molecule has 4 heterocycles. The molecule has 4 rings (SSSR count). The van der Waals surface area contributed by atoms with Gasteiger partial charge in [-0.05, 0) is 34.6 Å². The van der Waals surface area contributed by atoms with E-state index in [1.165, 1.54) is 17.0 Å². The summed E-state index contributed by atoms with van der Waals surface area (Å²) in [5, 5.41) is 8.96. The molecular formula is C23H25F3N8O2. The van der Waals surface area contributed by atoms with Crippen LogP contribution in [0.2, 0.25) is 0 Å². The number of amides is 1. The summed E-state index contributed by atoms with van der Waals surface area (Å²) in [4.78, 5) is 32.2. The molecule has 1 fully saturated rings. The number of ether oxygens (including phenoxy) is 1. The van der Waals surface area contributed by atoms with Crippen LogP contribution >= 0.6 is 0 Å². The Balaban J connectivity index is 1.79. The maximum absolute atomic E-state index is 14.2. The molecule has 1 saturated heterocycles. The lowest BCUT2D eigenvalue weighted by atomic mass is 10.1. The molecule has 10 nitrogen and oxygen atoms in total. The zero-order chi connectivity index (χ0) is 26.4. The summed E-state index contributed by atoms with van der Waals surface area (Å²) in [6.45, 7) is 9.41. The number of anilines is 1. The molecule has 3 aromatic heterocycles. The number of fused-ring (bicyclic) bond motifs is 1. The van der Waals surface area contributed by atoms with E-state index in [-0.39, 0.29) is 53.5 Å². The highest BCUT2D eigenvalue weighted by Crippen LogP contribution is 2.41. The summed E-state index contributed by atoms with van der Waals surface area (Å²) in [7, 11) is 0. The van der Waals surface area contributed by atoms with Crippen LogP contribution in [0.15, 0.2) is 24.9 Å². The van der Waals surface area contributed by atoms with Crippen molar-refractivity contribution >= 4 is 22.9 Å². The van der Waals surface area contributed by atoms with Crippen LogP contribution in [0.5, 0.6) is 0 Å². The molecule has 2 atom stereocenters. The number of piperazine rings is 1. The van der Waals surface area contributed by atoms with Crippen molar-refractivity contribution in [1.82, 2.24) is 29.4 Å². The van der Waals surface area contributed by atoms with Gasteiger partial charge in [-0.3, -0.25) is 4.57 Å². The Bertz CT molecular complexity index is 1340. The van der Waals surface area contributed by atoms with Crippen molar-refractivity contribution in [2.24, 2.45) is 0 Å². The average Bonchev–Trinajstić information content (AvgIpc) is 3.20. The van der Waals surface area contributed by atoms with Gasteiger partial charge in [-0.2, -0.15) is 18.4 Å². The molecule has 0 spiro atoms. The maximum atomic E-state index is 14.2. The first kappa shape index (κ1) is 25.2. The van der Waals surface area contributed by atoms with E-state index in [1.54, 1.807) is 37.5 Å². The summed E-state index contributed by atoms with van der Waals surface area (Å²) in [5.41, 5.74) is -1.61. The van der Waals surface area contributed by atoms with Crippen LogP contribution in [0.3, 0.4) is 0 Å². The summed E-state index contributed by atoms with van der Waals surface area (Å²) in [6, 6.07) is 2.43. The van der Waals surface area contributed by atoms with E-state index in [2.05, 4.69) is 19.9 Å². The number of aromatic nitrogens is 5. The number of hydrogen-bond acceptors (Lipinski definition) is 8. The standard InChI is InChI=1S/C23H25F3N8O2/c1-13-9-33(21(35)36-22(3,4)5)14(2)8-32(13)19-18-16(23(24,25)26)10-34(20(18)31-12-30-19)17-6-15(7-27)28-11-29-17/h6,10-14H,8-9H2,1-5H3/t13?,14-/m0/s1. The fourth-order valence-corrected chi connectivity index (χ4v) is 4.19. The third kappa shape index (κ3) is 4.75. The third-order valence-electron chi connectivity index (χ3n) is 5.77. The van der Waals surface area contributed by atoms with Gasteiger partial charge in [-0.15, -0.1) is 0 Å². The molecule has 190 valence electrons. The third-order valence-corrected chi connectivity index (χ3v) is 5.77. The molecule has 1 aliphatic rings. The molecule has 0 N–H and O–H groups in total. The van der Waals surface area contributed by atoms with Crippen molar-refractivity contribution in [2.75, 3.05) is 18.0 Å². The summed E-state index contributed by atoms with van der Waals surface area (Å²) < 4.78 is 49.3. The SMILES string of the molecule is CC1CN(C(=O)OC(C)(C)C)[C@@H](C)CN1c1ncnc2c1c(C(F)(F)F)cn2-c1cc(C#N)ncn1. The Kier molecular flexibility index (Phi) is 6.24. The smallest absolute Gasteiger partial charge is 0.418 e. The molecule has 0 saturated carbocycles. The van der Waals surface area contributed by atoms with Crippen molar-refractivity contribution < 1.29 is 22.7 Å². The molecular weight excluding hydrogens is 477 g/mol. The number of carbonyl (C=O) groups is 1. The van der Waals surface area contributed by atoms with Crippen molar-refractivity contribution in [2.45, 2.75) is 58.5 Å². The van der Waals surface area contributed by atoms with Crippen molar-refractivity contribution in [3.63, 3.8) is 0 Å². The second-order valence-corrected chi connectivity index (χ2v) is 9.66. The van der Waals surface area contributed by atoms with E-state index in [4.69, 9.17) is 10.00 Å². The topological polar surface area (TPSA) is 113 Å². The number of nitriles is 1. The van der Waals surface area contributed by atoms with Gasteiger partial charge in [0, 0.05) is 37.4 Å². The summed E-state index contributed by atoms with van der Waals surface area (Å²) >= 11 is 0. The van der Waals surface area contributed by atoms with E-state index in [1.807, 2.05) is 13.0 Å². The number of nitrogens with zero attached hydrogens (tertiary/aromatic N) is 8. The molecule has 13 heteroatoms. The minimum absolute atomic E-state index is 0.00500. The lowest BCUT2D eigenvalue weighted by molar-refractivity contribution is -0.136. The quantitative estimate of drug-likeness (QED) is 0.518. The summed E-state index contributed by atoms with van der Waals surface area (Å²) in [6.07, 6.45) is -1.99. The highest BCUT2D eigenvalue weighted by molar-refractivity contribution is 5.93.